The molecular formula is C33H21NO6. The van der Waals surface area contributed by atoms with Crippen LogP contribution in [0.4, 0.5) is 5.69 Å². The number of carboxylic acid groups (broad SMARTS) is 1. The number of ether oxygens (including phenoxy) is 2. The Hall–Kier alpha value is -5.69. The maximum Gasteiger partial charge on any atom is 0.335 e. The Bertz CT molecular complexity index is 1760. The summed E-state index contributed by atoms with van der Waals surface area (Å²) < 4.78 is 11.7. The van der Waals surface area contributed by atoms with Crippen LogP contribution in [0.2, 0.25) is 0 Å². The Morgan fingerprint density at radius 1 is 0.550 bits per heavy atom. The third kappa shape index (κ3) is 4.68. The molecule has 0 atom stereocenters. The van der Waals surface area contributed by atoms with Crippen molar-refractivity contribution in [3.05, 3.63) is 138 Å². The highest BCUT2D eigenvalue weighted by Gasteiger charge is 2.38. The molecule has 0 aliphatic carbocycles. The first-order valence-corrected chi connectivity index (χ1v) is 12.4. The van der Waals surface area contributed by atoms with Gasteiger partial charge < -0.3 is 14.6 Å². The molecular weight excluding hydrogens is 506 g/mol. The molecule has 5 aromatic carbocycles. The van der Waals surface area contributed by atoms with Crippen molar-refractivity contribution in [3.63, 3.8) is 0 Å². The Labute approximate surface area is 229 Å². The van der Waals surface area contributed by atoms with Crippen molar-refractivity contribution in [1.29, 1.82) is 0 Å². The molecule has 0 bridgehead atoms. The topological polar surface area (TPSA) is 93.1 Å². The van der Waals surface area contributed by atoms with Gasteiger partial charge in [0.2, 0.25) is 0 Å². The van der Waals surface area contributed by atoms with E-state index in [4.69, 9.17) is 14.6 Å². The van der Waals surface area contributed by atoms with Crippen molar-refractivity contribution in [2.45, 2.75) is 0 Å². The summed E-state index contributed by atoms with van der Waals surface area (Å²) in [5, 5.41) is 9.16. The first kappa shape index (κ1) is 24.6. The van der Waals surface area contributed by atoms with Gasteiger partial charge in [0.25, 0.3) is 11.8 Å². The van der Waals surface area contributed by atoms with Crippen LogP contribution in [-0.2, 0) is 0 Å². The van der Waals surface area contributed by atoms with E-state index in [-0.39, 0.29) is 17.0 Å². The Morgan fingerprint density at radius 3 is 1.85 bits per heavy atom. The van der Waals surface area contributed by atoms with Gasteiger partial charge in [0, 0.05) is 5.56 Å². The van der Waals surface area contributed by atoms with Crippen LogP contribution in [0, 0.1) is 0 Å². The lowest BCUT2D eigenvalue weighted by Gasteiger charge is -2.18. The lowest BCUT2D eigenvalue weighted by atomic mass is 10.0. The van der Waals surface area contributed by atoms with Crippen LogP contribution in [0.25, 0.3) is 11.1 Å². The van der Waals surface area contributed by atoms with Crippen molar-refractivity contribution < 1.29 is 29.0 Å². The van der Waals surface area contributed by atoms with Gasteiger partial charge >= 0.3 is 5.97 Å². The fraction of sp³-hybridized carbons (Fsp3) is 0. The van der Waals surface area contributed by atoms with Crippen LogP contribution in [0.1, 0.15) is 31.1 Å². The van der Waals surface area contributed by atoms with E-state index in [0.717, 1.165) is 11.1 Å². The maximum atomic E-state index is 13.5. The number of carbonyl (C=O) groups is 3. The van der Waals surface area contributed by atoms with E-state index in [0.29, 0.717) is 34.2 Å². The molecule has 1 aliphatic heterocycles. The molecule has 0 fully saturated rings. The molecule has 0 spiro atoms. The number of imide groups is 1. The molecule has 0 saturated heterocycles. The van der Waals surface area contributed by atoms with E-state index in [1.807, 2.05) is 42.5 Å². The van der Waals surface area contributed by atoms with Crippen LogP contribution in [0.3, 0.4) is 0 Å². The second-order valence-corrected chi connectivity index (χ2v) is 9.04. The number of hydrogen-bond donors (Lipinski definition) is 1. The second-order valence-electron chi connectivity index (χ2n) is 9.04. The second kappa shape index (κ2) is 10.2. The normalized spacial score (nSPS) is 12.2. The number of carboxylic acids is 1. The fourth-order valence-electron chi connectivity index (χ4n) is 4.57. The molecule has 7 nitrogen and oxygen atoms in total. The predicted octanol–water partition coefficient (Wildman–Crippen LogP) is 7.44. The minimum Gasteiger partial charge on any atom is -0.478 e. The molecule has 5 aromatic rings. The lowest BCUT2D eigenvalue weighted by molar-refractivity contribution is 0.0695. The zero-order valence-electron chi connectivity index (χ0n) is 21.0. The van der Waals surface area contributed by atoms with Gasteiger partial charge in [0.05, 0.1) is 22.4 Å². The van der Waals surface area contributed by atoms with Gasteiger partial charge in [-0.05, 0) is 72.3 Å². The van der Waals surface area contributed by atoms with E-state index >= 15 is 0 Å². The van der Waals surface area contributed by atoms with E-state index in [2.05, 4.69) is 0 Å². The number of hydrogen-bond acceptors (Lipinski definition) is 5. The van der Waals surface area contributed by atoms with Gasteiger partial charge in [-0.3, -0.25) is 9.59 Å². The number of nitrogens with zero attached hydrogens (tertiary/aromatic N) is 1. The Morgan fingerprint density at radius 2 is 1.15 bits per heavy atom. The number of aromatic carboxylic acids is 1. The van der Waals surface area contributed by atoms with Crippen molar-refractivity contribution >= 4 is 23.5 Å². The Balaban J connectivity index is 1.21. The highest BCUT2D eigenvalue weighted by Crippen LogP contribution is 2.37. The first-order chi connectivity index (χ1) is 19.5. The molecule has 1 heterocycles. The van der Waals surface area contributed by atoms with Crippen LogP contribution >= 0.6 is 0 Å². The average molecular weight is 528 g/mol. The van der Waals surface area contributed by atoms with Crippen LogP contribution < -0.4 is 14.4 Å². The van der Waals surface area contributed by atoms with Crippen molar-refractivity contribution in [2.24, 2.45) is 0 Å². The van der Waals surface area contributed by atoms with Crippen LogP contribution in [0.15, 0.2) is 121 Å². The summed E-state index contributed by atoms with van der Waals surface area (Å²) in [6, 6.07) is 34.7. The van der Waals surface area contributed by atoms with Gasteiger partial charge in [-0.15, -0.1) is 0 Å². The first-order valence-electron chi connectivity index (χ1n) is 12.4. The lowest BCUT2D eigenvalue weighted by Crippen LogP contribution is -2.29. The summed E-state index contributed by atoms with van der Waals surface area (Å²) in [7, 11) is 0. The van der Waals surface area contributed by atoms with E-state index in [1.165, 1.54) is 17.0 Å². The average Bonchev–Trinajstić information content (AvgIpc) is 3.23. The number of fused-ring (bicyclic) bond motifs is 1. The molecule has 0 aromatic heterocycles. The van der Waals surface area contributed by atoms with Crippen molar-refractivity contribution in [3.8, 4) is 34.1 Å². The minimum atomic E-state index is -1.03. The summed E-state index contributed by atoms with van der Waals surface area (Å²) >= 11 is 0. The van der Waals surface area contributed by atoms with Gasteiger partial charge in [-0.2, -0.15) is 0 Å². The molecule has 0 saturated carbocycles. The van der Waals surface area contributed by atoms with E-state index in [9.17, 15) is 14.4 Å². The summed E-state index contributed by atoms with van der Waals surface area (Å²) in [4.78, 5) is 39.2. The molecule has 194 valence electrons. The standard InChI is InChI=1S/C33H21NO6/c35-31-28-18-17-26(40-24-15-13-23(14-16-24)39-25-10-6-9-22(19-25)33(37)38)20-29(28)32(36)34(31)30-12-5-4-11-27(30)21-7-2-1-3-8-21/h1-20H,(H,37,38). The van der Waals surface area contributed by atoms with Crippen molar-refractivity contribution in [1.82, 2.24) is 0 Å². The molecule has 0 unspecified atom stereocenters. The number of benzene rings is 5. The number of para-hydroxylation sites is 1. The molecule has 7 heteroatoms. The Kier molecular flexibility index (Phi) is 6.30. The summed E-state index contributed by atoms with van der Waals surface area (Å²) in [6.07, 6.45) is 0. The zero-order valence-corrected chi connectivity index (χ0v) is 21.0. The molecule has 0 radical (unpaired) electrons. The minimum absolute atomic E-state index is 0.129. The largest absolute Gasteiger partial charge is 0.478 e. The van der Waals surface area contributed by atoms with E-state index < -0.39 is 11.9 Å². The summed E-state index contributed by atoms with van der Waals surface area (Å²) in [5.41, 5.74) is 2.92. The highest BCUT2D eigenvalue weighted by molar-refractivity contribution is 6.35. The van der Waals surface area contributed by atoms with Gasteiger partial charge in [0.15, 0.2) is 0 Å². The van der Waals surface area contributed by atoms with E-state index in [1.54, 1.807) is 66.7 Å². The van der Waals surface area contributed by atoms with Gasteiger partial charge in [-0.1, -0.05) is 54.6 Å². The van der Waals surface area contributed by atoms with Crippen LogP contribution in [-0.4, -0.2) is 22.9 Å². The number of rotatable bonds is 7. The smallest absolute Gasteiger partial charge is 0.335 e. The molecule has 40 heavy (non-hydrogen) atoms. The summed E-state index contributed by atoms with van der Waals surface area (Å²) in [6.45, 7) is 0. The summed E-state index contributed by atoms with van der Waals surface area (Å²) in [5.74, 6) is -0.0431. The number of anilines is 1. The monoisotopic (exact) mass is 527 g/mol. The third-order valence-corrected chi connectivity index (χ3v) is 6.46. The fourth-order valence-corrected chi connectivity index (χ4v) is 4.57. The molecule has 1 aliphatic rings. The van der Waals surface area contributed by atoms with Crippen molar-refractivity contribution in [2.75, 3.05) is 4.90 Å². The number of carbonyl (C=O) groups excluding carboxylic acids is 2. The molecule has 2 amide bonds. The third-order valence-electron chi connectivity index (χ3n) is 6.46. The van der Waals surface area contributed by atoms with Gasteiger partial charge in [-0.25, -0.2) is 9.69 Å². The molecule has 6 rings (SSSR count). The molecule has 1 N–H and O–H groups in total. The maximum absolute atomic E-state index is 13.5. The zero-order chi connectivity index (χ0) is 27.6. The van der Waals surface area contributed by atoms with Gasteiger partial charge in [0.1, 0.15) is 23.0 Å². The predicted molar refractivity (Wildman–Crippen MR) is 149 cm³/mol. The number of amides is 2. The highest BCUT2D eigenvalue weighted by atomic mass is 16.5. The van der Waals surface area contributed by atoms with Crippen LogP contribution in [0.5, 0.6) is 23.0 Å². The quantitative estimate of drug-likeness (QED) is 0.221. The SMILES string of the molecule is O=C(O)c1cccc(Oc2ccc(Oc3ccc4c(c3)C(=O)N(c3ccccc3-c3ccccc3)C4=O)cc2)c1.